The molecular formula is C15H15F3O4S2. The highest BCUT2D eigenvalue weighted by Gasteiger charge is 2.44. The van der Waals surface area contributed by atoms with Crippen LogP contribution in [0.25, 0.3) is 10.8 Å². The van der Waals surface area contributed by atoms with Crippen LogP contribution in [0.3, 0.4) is 0 Å². The first-order chi connectivity index (χ1) is 11.1. The van der Waals surface area contributed by atoms with Crippen LogP contribution >= 0.6 is 11.8 Å². The Bertz CT molecular complexity index is 813. The largest absolute Gasteiger partial charge is 0.522 e. The molecule has 2 aromatic rings. The standard InChI is InChI=1S/C14H14OS.CHF3O3S/c15-13-8-7-12(14-6-3-9-16-14)10-4-1-2-5-11(10)13;2-1(3,4)8(5,6)7/h1-2,4-5,7-8,14-15H,3,6,9H2;(H,5,6,7). The van der Waals surface area contributed by atoms with E-state index < -0.39 is 15.6 Å². The Balaban J connectivity index is 0.000000224. The summed E-state index contributed by atoms with van der Waals surface area (Å²) in [6, 6.07) is 12.0. The molecule has 1 aliphatic heterocycles. The van der Waals surface area contributed by atoms with Gasteiger partial charge in [0.25, 0.3) is 0 Å². The highest BCUT2D eigenvalue weighted by atomic mass is 32.2. The molecule has 0 aromatic heterocycles. The van der Waals surface area contributed by atoms with Crippen molar-refractivity contribution in [3.05, 3.63) is 42.0 Å². The van der Waals surface area contributed by atoms with Gasteiger partial charge in [0.2, 0.25) is 0 Å². The molecule has 0 bridgehead atoms. The van der Waals surface area contributed by atoms with Crippen LogP contribution in [0, 0.1) is 0 Å². The number of aromatic hydroxyl groups is 1. The topological polar surface area (TPSA) is 74.6 Å². The maximum atomic E-state index is 10.7. The molecule has 2 N–H and O–H groups in total. The van der Waals surface area contributed by atoms with E-state index in [-0.39, 0.29) is 0 Å². The number of halogens is 3. The summed E-state index contributed by atoms with van der Waals surface area (Å²) >= 11 is 2.03. The molecule has 24 heavy (non-hydrogen) atoms. The van der Waals surface area contributed by atoms with Crippen LogP contribution in [-0.4, -0.2) is 29.3 Å². The Morgan fingerprint density at radius 2 is 1.67 bits per heavy atom. The van der Waals surface area contributed by atoms with Crippen molar-refractivity contribution in [3.8, 4) is 5.75 Å². The van der Waals surface area contributed by atoms with Gasteiger partial charge in [0.1, 0.15) is 5.75 Å². The molecule has 9 heteroatoms. The monoisotopic (exact) mass is 380 g/mol. The molecule has 1 unspecified atom stereocenters. The summed E-state index contributed by atoms with van der Waals surface area (Å²) in [5, 5.41) is 12.6. The van der Waals surface area contributed by atoms with Crippen molar-refractivity contribution in [2.45, 2.75) is 23.6 Å². The fourth-order valence-corrected chi connectivity index (χ4v) is 3.75. The quantitative estimate of drug-likeness (QED) is 0.563. The molecule has 0 saturated carbocycles. The summed E-state index contributed by atoms with van der Waals surface area (Å²) in [5.41, 5.74) is -4.15. The lowest BCUT2D eigenvalue weighted by Crippen LogP contribution is -2.21. The van der Waals surface area contributed by atoms with Gasteiger partial charge in [-0.25, -0.2) is 0 Å². The first-order valence-electron chi connectivity index (χ1n) is 6.97. The molecule has 0 spiro atoms. The van der Waals surface area contributed by atoms with Crippen molar-refractivity contribution in [1.29, 1.82) is 0 Å². The van der Waals surface area contributed by atoms with Gasteiger partial charge < -0.3 is 5.11 Å². The van der Waals surface area contributed by atoms with Crippen LogP contribution in [0.1, 0.15) is 23.7 Å². The summed E-state index contributed by atoms with van der Waals surface area (Å²) in [6.45, 7) is 0. The minimum Gasteiger partial charge on any atom is -0.507 e. The molecule has 0 aliphatic carbocycles. The Morgan fingerprint density at radius 1 is 1.08 bits per heavy atom. The van der Waals surface area contributed by atoms with Gasteiger partial charge in [-0.15, -0.1) is 0 Å². The third-order valence-corrected chi connectivity index (χ3v) is 5.51. The number of thioether (sulfide) groups is 1. The zero-order chi connectivity index (χ0) is 18.0. The molecule has 1 atom stereocenters. The summed E-state index contributed by atoms with van der Waals surface area (Å²) in [4.78, 5) is 0. The number of phenols is 1. The second kappa shape index (κ2) is 7.20. The van der Waals surface area contributed by atoms with Gasteiger partial charge in [-0.2, -0.15) is 33.4 Å². The SMILES string of the molecule is O=S(=O)(O)C(F)(F)F.Oc1ccc(C2CCCS2)c2ccccc12. The van der Waals surface area contributed by atoms with Gasteiger partial charge in [0, 0.05) is 10.6 Å². The van der Waals surface area contributed by atoms with E-state index in [0.717, 1.165) is 5.39 Å². The smallest absolute Gasteiger partial charge is 0.507 e. The zero-order valence-electron chi connectivity index (χ0n) is 12.3. The number of phenolic OH excluding ortho intramolecular Hbond substituents is 1. The Kier molecular flexibility index (Phi) is 5.67. The predicted molar refractivity (Wildman–Crippen MR) is 87.6 cm³/mol. The van der Waals surface area contributed by atoms with E-state index in [1.807, 2.05) is 36.0 Å². The van der Waals surface area contributed by atoms with E-state index in [1.165, 1.54) is 29.5 Å². The van der Waals surface area contributed by atoms with Crippen molar-refractivity contribution in [2.24, 2.45) is 0 Å². The van der Waals surface area contributed by atoms with Gasteiger partial charge >= 0.3 is 15.6 Å². The van der Waals surface area contributed by atoms with Gasteiger partial charge in [-0.05, 0) is 35.6 Å². The maximum absolute atomic E-state index is 10.7. The summed E-state index contributed by atoms with van der Waals surface area (Å²) in [7, 11) is -5.84. The highest BCUT2D eigenvalue weighted by Crippen LogP contribution is 2.43. The van der Waals surface area contributed by atoms with E-state index in [0.29, 0.717) is 11.0 Å². The molecule has 0 radical (unpaired) electrons. The van der Waals surface area contributed by atoms with Crippen molar-refractivity contribution < 1.29 is 31.2 Å². The zero-order valence-corrected chi connectivity index (χ0v) is 14.0. The second-order valence-corrected chi connectivity index (χ2v) is 7.87. The second-order valence-electron chi connectivity index (χ2n) is 5.14. The minimum atomic E-state index is -5.84. The van der Waals surface area contributed by atoms with Gasteiger partial charge in [0.15, 0.2) is 0 Å². The number of hydrogen-bond acceptors (Lipinski definition) is 4. The molecule has 1 saturated heterocycles. The van der Waals surface area contributed by atoms with Crippen LogP contribution in [0.4, 0.5) is 13.2 Å². The lowest BCUT2D eigenvalue weighted by molar-refractivity contribution is -0.0510. The van der Waals surface area contributed by atoms with Crippen LogP contribution < -0.4 is 0 Å². The maximum Gasteiger partial charge on any atom is 0.522 e. The fourth-order valence-electron chi connectivity index (χ4n) is 2.41. The van der Waals surface area contributed by atoms with E-state index in [9.17, 15) is 18.3 Å². The summed E-state index contributed by atoms with van der Waals surface area (Å²) in [6.07, 6.45) is 2.57. The average molecular weight is 380 g/mol. The third-order valence-electron chi connectivity index (χ3n) is 3.50. The van der Waals surface area contributed by atoms with Crippen molar-refractivity contribution in [1.82, 2.24) is 0 Å². The molecular weight excluding hydrogens is 365 g/mol. The molecule has 2 aromatic carbocycles. The third kappa shape index (κ3) is 4.34. The summed E-state index contributed by atoms with van der Waals surface area (Å²) in [5.74, 6) is 1.65. The van der Waals surface area contributed by atoms with E-state index in [1.54, 1.807) is 0 Å². The highest BCUT2D eigenvalue weighted by molar-refractivity contribution is 7.99. The van der Waals surface area contributed by atoms with Gasteiger partial charge in [-0.1, -0.05) is 30.3 Å². The van der Waals surface area contributed by atoms with Gasteiger partial charge in [-0.3, -0.25) is 4.55 Å². The van der Waals surface area contributed by atoms with Crippen LogP contribution in [0.15, 0.2) is 36.4 Å². The Labute approximate surface area is 141 Å². The molecule has 132 valence electrons. The Hall–Kier alpha value is -1.45. The van der Waals surface area contributed by atoms with Crippen LogP contribution in [0.5, 0.6) is 5.75 Å². The average Bonchev–Trinajstić information content (AvgIpc) is 3.00. The number of alkyl halides is 3. The van der Waals surface area contributed by atoms with E-state index in [2.05, 4.69) is 12.1 Å². The normalized spacial score (nSPS) is 18.2. The van der Waals surface area contributed by atoms with Crippen LogP contribution in [-0.2, 0) is 10.1 Å². The molecule has 3 rings (SSSR count). The summed E-state index contributed by atoms with van der Waals surface area (Å²) < 4.78 is 57.5. The lowest BCUT2D eigenvalue weighted by atomic mass is 9.99. The van der Waals surface area contributed by atoms with E-state index >= 15 is 0 Å². The molecule has 1 aliphatic rings. The van der Waals surface area contributed by atoms with Gasteiger partial charge in [0.05, 0.1) is 0 Å². The molecule has 1 heterocycles. The Morgan fingerprint density at radius 3 is 2.17 bits per heavy atom. The predicted octanol–water partition coefficient (Wildman–Crippen LogP) is 4.51. The lowest BCUT2D eigenvalue weighted by Gasteiger charge is -2.13. The number of rotatable bonds is 1. The first-order valence-corrected chi connectivity index (χ1v) is 9.46. The first kappa shape index (κ1) is 18.9. The van der Waals surface area contributed by atoms with E-state index in [4.69, 9.17) is 13.0 Å². The molecule has 4 nitrogen and oxygen atoms in total. The number of benzene rings is 2. The van der Waals surface area contributed by atoms with Crippen molar-refractivity contribution in [3.63, 3.8) is 0 Å². The minimum absolute atomic E-state index is 0.391. The molecule has 0 amide bonds. The van der Waals surface area contributed by atoms with Crippen molar-refractivity contribution in [2.75, 3.05) is 5.75 Å². The fraction of sp³-hybridized carbons (Fsp3) is 0.333. The van der Waals surface area contributed by atoms with Crippen molar-refractivity contribution >= 4 is 32.7 Å². The number of fused-ring (bicyclic) bond motifs is 1. The molecule has 1 fully saturated rings. The van der Waals surface area contributed by atoms with Crippen LogP contribution in [0.2, 0.25) is 0 Å². The number of hydrogen-bond donors (Lipinski definition) is 2.